The van der Waals surface area contributed by atoms with Crippen molar-refractivity contribution in [1.82, 2.24) is 0 Å². The molecule has 2 spiro atoms. The largest absolute Gasteiger partial charge is 0.0725 e. The third-order valence-electron chi connectivity index (χ3n) is 17.0. The average Bonchev–Trinajstić information content (AvgIpc) is 4.11. The lowest BCUT2D eigenvalue weighted by atomic mass is 9.70. The van der Waals surface area contributed by atoms with E-state index in [0.717, 1.165) is 0 Å². The third kappa shape index (κ3) is 4.15. The van der Waals surface area contributed by atoms with Crippen LogP contribution in [0.15, 0.2) is 218 Å². The van der Waals surface area contributed by atoms with Crippen LogP contribution in [0.5, 0.6) is 0 Å². The van der Waals surface area contributed by atoms with Gasteiger partial charge in [0.2, 0.25) is 0 Å². The first-order valence-electron chi connectivity index (χ1n) is 23.9. The summed E-state index contributed by atoms with van der Waals surface area (Å²) in [6.45, 7) is 4.90. The van der Waals surface area contributed by atoms with Crippen LogP contribution in [0.25, 0.3) is 88.3 Å². The van der Waals surface area contributed by atoms with Gasteiger partial charge in [-0.2, -0.15) is 0 Å². The van der Waals surface area contributed by atoms with Crippen LogP contribution >= 0.6 is 0 Å². The first-order chi connectivity index (χ1) is 33.0. The van der Waals surface area contributed by atoms with Gasteiger partial charge in [0.1, 0.15) is 0 Å². The van der Waals surface area contributed by atoms with Crippen LogP contribution in [0.4, 0.5) is 0 Å². The molecule has 0 fully saturated rings. The lowest BCUT2D eigenvalue weighted by molar-refractivity contribution is 0.663. The Hall–Kier alpha value is -8.06. The second-order valence-corrected chi connectivity index (χ2v) is 20.2. The molecule has 0 unspecified atom stereocenters. The Morgan fingerprint density at radius 3 is 0.806 bits per heavy atom. The summed E-state index contributed by atoms with van der Waals surface area (Å²) in [6.07, 6.45) is 0. The van der Waals surface area contributed by atoms with Crippen molar-refractivity contribution in [2.75, 3.05) is 0 Å². The monoisotopic (exact) mass is 846 g/mol. The molecule has 16 rings (SSSR count). The van der Waals surface area contributed by atoms with Gasteiger partial charge in [0.15, 0.2) is 0 Å². The molecule has 5 aliphatic rings. The molecule has 0 bridgehead atoms. The summed E-state index contributed by atoms with van der Waals surface area (Å²) in [7, 11) is 0. The van der Waals surface area contributed by atoms with E-state index in [4.69, 9.17) is 0 Å². The molecule has 0 aliphatic heterocycles. The minimum atomic E-state index is -0.370. The van der Waals surface area contributed by atoms with Crippen molar-refractivity contribution in [2.24, 2.45) is 0 Å². The normalized spacial score (nSPS) is 15.7. The van der Waals surface area contributed by atoms with Gasteiger partial charge in [-0.3, -0.25) is 0 Å². The van der Waals surface area contributed by atoms with Crippen LogP contribution in [-0.4, -0.2) is 0 Å². The van der Waals surface area contributed by atoms with Gasteiger partial charge in [0, 0.05) is 5.41 Å². The van der Waals surface area contributed by atoms with Gasteiger partial charge in [-0.1, -0.05) is 196 Å². The molecule has 0 amide bonds. The maximum atomic E-state index is 2.54. The maximum absolute atomic E-state index is 2.54. The Balaban J connectivity index is 0.856. The molecule has 5 aliphatic carbocycles. The maximum Gasteiger partial charge on any atom is 0.0725 e. The van der Waals surface area contributed by atoms with E-state index in [9.17, 15) is 0 Å². The standard InChI is InChI=1S/C67H42/c1-65(2)61-37-43(39-29-31-51-49-19-7-13-25-57(49)66(59(51)35-39)53-21-9-3-15-45(53)46-16-4-10-22-54(46)66)33-41-27-28-42-34-44(38-62(65)64(42)63(41)61)40-30-32-52-50-20-8-14-26-58(50)67(60(52)36-40)55-23-11-5-17-47(55)48-18-6-12-24-56(48)67/h3-38H,1-2H3. The molecule has 0 nitrogen and oxygen atoms in total. The van der Waals surface area contributed by atoms with Crippen molar-refractivity contribution >= 4 is 21.5 Å². The minimum Gasteiger partial charge on any atom is -0.0619 e. The minimum absolute atomic E-state index is 0.207. The highest BCUT2D eigenvalue weighted by Crippen LogP contribution is 2.65. The van der Waals surface area contributed by atoms with Crippen molar-refractivity contribution in [2.45, 2.75) is 30.1 Å². The van der Waals surface area contributed by atoms with Crippen LogP contribution in [0.1, 0.15) is 69.5 Å². The second-order valence-electron chi connectivity index (χ2n) is 20.2. The molecule has 0 aromatic heterocycles. The fourth-order valence-corrected chi connectivity index (χ4v) is 14.3. The van der Waals surface area contributed by atoms with Gasteiger partial charge in [0.25, 0.3) is 0 Å². The van der Waals surface area contributed by atoms with Crippen LogP contribution in [0.2, 0.25) is 0 Å². The molecular weight excluding hydrogens is 805 g/mol. The molecule has 0 saturated carbocycles. The van der Waals surface area contributed by atoms with Gasteiger partial charge in [-0.05, 0) is 180 Å². The number of hydrogen-bond acceptors (Lipinski definition) is 0. The van der Waals surface area contributed by atoms with E-state index >= 15 is 0 Å². The van der Waals surface area contributed by atoms with Crippen molar-refractivity contribution in [1.29, 1.82) is 0 Å². The molecule has 0 heteroatoms. The Morgan fingerprint density at radius 2 is 0.493 bits per heavy atom. The van der Waals surface area contributed by atoms with E-state index in [-0.39, 0.29) is 16.2 Å². The number of fused-ring (bicyclic) bond motifs is 20. The topological polar surface area (TPSA) is 0 Å². The average molecular weight is 847 g/mol. The zero-order valence-electron chi connectivity index (χ0n) is 37.3. The van der Waals surface area contributed by atoms with Crippen LogP contribution in [0.3, 0.4) is 0 Å². The Labute approximate surface area is 390 Å². The first kappa shape index (κ1) is 36.2. The summed E-state index contributed by atoms with van der Waals surface area (Å²) < 4.78 is 0. The van der Waals surface area contributed by atoms with E-state index in [1.165, 1.54) is 144 Å². The summed E-state index contributed by atoms with van der Waals surface area (Å²) >= 11 is 0. The zero-order chi connectivity index (χ0) is 44.0. The Bertz CT molecular complexity index is 3690. The van der Waals surface area contributed by atoms with Crippen molar-refractivity contribution in [3.8, 4) is 66.8 Å². The quantitative estimate of drug-likeness (QED) is 0.152. The van der Waals surface area contributed by atoms with Crippen molar-refractivity contribution < 1.29 is 0 Å². The predicted octanol–water partition coefficient (Wildman–Crippen LogP) is 16.7. The highest BCUT2D eigenvalue weighted by molar-refractivity contribution is 6.17. The van der Waals surface area contributed by atoms with Crippen molar-refractivity contribution in [3.63, 3.8) is 0 Å². The number of benzene rings is 11. The molecule has 310 valence electrons. The van der Waals surface area contributed by atoms with Crippen LogP contribution in [0, 0.1) is 0 Å². The van der Waals surface area contributed by atoms with Gasteiger partial charge >= 0.3 is 0 Å². The third-order valence-corrected chi connectivity index (χ3v) is 17.0. The van der Waals surface area contributed by atoms with Gasteiger partial charge in [0.05, 0.1) is 10.8 Å². The molecule has 0 saturated heterocycles. The van der Waals surface area contributed by atoms with E-state index in [1.807, 2.05) is 0 Å². The molecule has 0 radical (unpaired) electrons. The van der Waals surface area contributed by atoms with Gasteiger partial charge < -0.3 is 0 Å². The molecule has 0 atom stereocenters. The molecule has 67 heavy (non-hydrogen) atoms. The first-order valence-corrected chi connectivity index (χ1v) is 23.9. The zero-order valence-corrected chi connectivity index (χ0v) is 37.3. The lowest BCUT2D eigenvalue weighted by Gasteiger charge is -2.30. The lowest BCUT2D eigenvalue weighted by Crippen LogP contribution is -2.25. The number of rotatable bonds is 2. The van der Waals surface area contributed by atoms with Crippen LogP contribution in [-0.2, 0) is 16.2 Å². The second kappa shape index (κ2) is 12.2. The fraction of sp³-hybridized carbons (Fsp3) is 0.0746. The summed E-state index contributed by atoms with van der Waals surface area (Å²) in [4.78, 5) is 0. The molecule has 11 aromatic rings. The van der Waals surface area contributed by atoms with Gasteiger partial charge in [-0.25, -0.2) is 0 Å². The van der Waals surface area contributed by atoms with Gasteiger partial charge in [-0.15, -0.1) is 0 Å². The fourth-order valence-electron chi connectivity index (χ4n) is 14.3. The highest BCUT2D eigenvalue weighted by Gasteiger charge is 2.53. The van der Waals surface area contributed by atoms with Crippen LogP contribution < -0.4 is 0 Å². The smallest absolute Gasteiger partial charge is 0.0619 e. The SMILES string of the molecule is CC1(C)c2cc(-c3ccc4c(c3)C3(c5ccccc5-c5ccccc53)c3ccccc3-4)cc3ccc4cc(-c5ccc6c(c5)C5(c7ccccc7-c7ccccc75)c5ccccc5-6)cc1c4c23. The molecule has 11 aromatic carbocycles. The summed E-state index contributed by atoms with van der Waals surface area (Å²) in [6, 6.07) is 84.0. The van der Waals surface area contributed by atoms with Crippen molar-refractivity contribution in [3.05, 3.63) is 274 Å². The molecule has 0 N–H and O–H groups in total. The Morgan fingerprint density at radius 1 is 0.224 bits per heavy atom. The number of hydrogen-bond donors (Lipinski definition) is 0. The predicted molar refractivity (Wildman–Crippen MR) is 277 cm³/mol. The summed E-state index contributed by atoms with van der Waals surface area (Å²) in [5.41, 5.74) is 28.7. The summed E-state index contributed by atoms with van der Waals surface area (Å²) in [5.74, 6) is 0. The molecule has 0 heterocycles. The Kier molecular flexibility index (Phi) is 6.61. The van der Waals surface area contributed by atoms with E-state index in [0.29, 0.717) is 0 Å². The molecular formula is C67H42. The van der Waals surface area contributed by atoms with E-state index < -0.39 is 0 Å². The summed E-state index contributed by atoms with van der Waals surface area (Å²) in [5, 5.41) is 5.42. The van der Waals surface area contributed by atoms with E-state index in [2.05, 4.69) is 232 Å². The van der Waals surface area contributed by atoms with E-state index in [1.54, 1.807) is 0 Å². The highest BCUT2D eigenvalue weighted by atomic mass is 14.5.